The van der Waals surface area contributed by atoms with Gasteiger partial charge >= 0.3 is 0 Å². The third-order valence-corrected chi connectivity index (χ3v) is 3.79. The summed E-state index contributed by atoms with van der Waals surface area (Å²) in [6, 6.07) is 5.40. The average Bonchev–Trinajstić information content (AvgIpc) is 2.43. The summed E-state index contributed by atoms with van der Waals surface area (Å²) in [4.78, 5) is 25.2. The first-order valence-electron chi connectivity index (χ1n) is 7.26. The van der Waals surface area contributed by atoms with Gasteiger partial charge in [-0.1, -0.05) is 31.0 Å². The second kappa shape index (κ2) is 8.67. The summed E-state index contributed by atoms with van der Waals surface area (Å²) in [5, 5.41) is 3.47. The van der Waals surface area contributed by atoms with Crippen LogP contribution in [0.15, 0.2) is 18.2 Å². The van der Waals surface area contributed by atoms with Crippen LogP contribution in [0.4, 0.5) is 5.69 Å². The van der Waals surface area contributed by atoms with E-state index in [9.17, 15) is 9.59 Å². The molecule has 0 aliphatic rings. The number of nitrogens with zero attached hydrogens (tertiary/aromatic N) is 1. The third-order valence-electron chi connectivity index (χ3n) is 3.38. The van der Waals surface area contributed by atoms with E-state index >= 15 is 0 Å². The molecule has 1 aromatic rings. The molecule has 0 saturated heterocycles. The van der Waals surface area contributed by atoms with Gasteiger partial charge in [-0.05, 0) is 31.0 Å². The molecule has 21 heavy (non-hydrogen) atoms. The molecule has 0 aliphatic heterocycles. The highest BCUT2D eigenvalue weighted by Gasteiger charge is 2.11. The van der Waals surface area contributed by atoms with Gasteiger partial charge in [-0.15, -0.1) is 0 Å². The number of carbonyl (C=O) groups is 2. The second-order valence-corrected chi connectivity index (χ2v) is 5.48. The van der Waals surface area contributed by atoms with Crippen LogP contribution < -0.4 is 5.32 Å². The molecule has 0 aliphatic carbocycles. The largest absolute Gasteiger partial charge is 0.342 e. The summed E-state index contributed by atoms with van der Waals surface area (Å²) in [6.45, 7) is 6.62. The van der Waals surface area contributed by atoms with E-state index in [2.05, 4.69) is 12.2 Å². The lowest BCUT2D eigenvalue weighted by atomic mass is 10.2. The molecule has 0 heterocycles. The standard InChI is InChI=1S/C16H23ClN2O2/c1-4-5-10-19(13(3)20)11-9-16(21)18-15-8-6-7-14(17)12(15)2/h6-8H,4-5,9-11H2,1-3H3,(H,18,21). The lowest BCUT2D eigenvalue weighted by molar-refractivity contribution is -0.129. The molecule has 0 bridgehead atoms. The van der Waals surface area contributed by atoms with Crippen molar-refractivity contribution in [1.82, 2.24) is 4.90 Å². The van der Waals surface area contributed by atoms with E-state index in [-0.39, 0.29) is 18.2 Å². The molecule has 1 N–H and O–H groups in total. The van der Waals surface area contributed by atoms with Crippen LogP contribution in [0.25, 0.3) is 0 Å². The van der Waals surface area contributed by atoms with Gasteiger partial charge < -0.3 is 10.2 Å². The van der Waals surface area contributed by atoms with E-state index < -0.39 is 0 Å². The van der Waals surface area contributed by atoms with Crippen LogP contribution in [0.5, 0.6) is 0 Å². The van der Waals surface area contributed by atoms with Crippen molar-refractivity contribution in [2.75, 3.05) is 18.4 Å². The maximum absolute atomic E-state index is 12.0. The van der Waals surface area contributed by atoms with Crippen LogP contribution in [-0.2, 0) is 9.59 Å². The minimum atomic E-state index is -0.108. The zero-order valence-electron chi connectivity index (χ0n) is 12.9. The summed E-state index contributed by atoms with van der Waals surface area (Å²) >= 11 is 6.02. The van der Waals surface area contributed by atoms with Crippen LogP contribution in [0, 0.1) is 6.92 Å². The molecule has 0 unspecified atom stereocenters. The van der Waals surface area contributed by atoms with Gasteiger partial charge in [0, 0.05) is 37.1 Å². The van der Waals surface area contributed by atoms with Crippen molar-refractivity contribution in [3.05, 3.63) is 28.8 Å². The van der Waals surface area contributed by atoms with Gasteiger partial charge in [0.15, 0.2) is 0 Å². The predicted molar refractivity (Wildman–Crippen MR) is 86.6 cm³/mol. The Kier molecular flexibility index (Phi) is 7.23. The lowest BCUT2D eigenvalue weighted by Crippen LogP contribution is -2.32. The number of anilines is 1. The fourth-order valence-electron chi connectivity index (χ4n) is 1.97. The average molecular weight is 311 g/mol. The van der Waals surface area contributed by atoms with Crippen molar-refractivity contribution in [2.45, 2.75) is 40.0 Å². The Balaban J connectivity index is 2.53. The fourth-order valence-corrected chi connectivity index (χ4v) is 2.14. The van der Waals surface area contributed by atoms with Gasteiger partial charge in [-0.2, -0.15) is 0 Å². The minimum absolute atomic E-state index is 0.00943. The fraction of sp³-hybridized carbons (Fsp3) is 0.500. The number of benzene rings is 1. The first kappa shape index (κ1) is 17.5. The van der Waals surface area contributed by atoms with Crippen molar-refractivity contribution >= 4 is 29.1 Å². The molecule has 0 atom stereocenters. The highest BCUT2D eigenvalue weighted by molar-refractivity contribution is 6.31. The molecule has 2 amide bonds. The van der Waals surface area contributed by atoms with E-state index in [1.54, 1.807) is 17.0 Å². The second-order valence-electron chi connectivity index (χ2n) is 5.07. The highest BCUT2D eigenvalue weighted by Crippen LogP contribution is 2.22. The maximum atomic E-state index is 12.0. The molecule has 0 radical (unpaired) electrons. The van der Waals surface area contributed by atoms with Gasteiger partial charge in [0.25, 0.3) is 0 Å². The zero-order valence-corrected chi connectivity index (χ0v) is 13.7. The highest BCUT2D eigenvalue weighted by atomic mass is 35.5. The van der Waals surface area contributed by atoms with Crippen molar-refractivity contribution < 1.29 is 9.59 Å². The van der Waals surface area contributed by atoms with Crippen molar-refractivity contribution in [1.29, 1.82) is 0 Å². The number of carbonyl (C=O) groups excluding carboxylic acids is 2. The molecular formula is C16H23ClN2O2. The molecule has 0 fully saturated rings. The van der Waals surface area contributed by atoms with Crippen LogP contribution in [0.2, 0.25) is 5.02 Å². The van der Waals surface area contributed by atoms with Crippen molar-refractivity contribution in [3.63, 3.8) is 0 Å². The number of unbranched alkanes of at least 4 members (excludes halogenated alkanes) is 1. The topological polar surface area (TPSA) is 49.4 Å². The van der Waals surface area contributed by atoms with Crippen LogP contribution in [-0.4, -0.2) is 29.8 Å². The molecule has 0 aromatic heterocycles. The number of hydrogen-bond donors (Lipinski definition) is 1. The molecule has 116 valence electrons. The zero-order chi connectivity index (χ0) is 15.8. The van der Waals surface area contributed by atoms with Gasteiger partial charge in [-0.25, -0.2) is 0 Å². The summed E-state index contributed by atoms with van der Waals surface area (Å²) in [7, 11) is 0. The Labute approximate surface area is 131 Å². The van der Waals surface area contributed by atoms with Gasteiger partial charge in [0.05, 0.1) is 0 Å². The first-order chi connectivity index (χ1) is 9.95. The Bertz CT molecular complexity index is 503. The Hall–Kier alpha value is -1.55. The number of nitrogens with one attached hydrogen (secondary N) is 1. The normalized spacial score (nSPS) is 10.3. The van der Waals surface area contributed by atoms with Gasteiger partial charge in [-0.3, -0.25) is 9.59 Å². The minimum Gasteiger partial charge on any atom is -0.342 e. The van der Waals surface area contributed by atoms with Gasteiger partial charge in [0.1, 0.15) is 0 Å². The molecule has 1 rings (SSSR count). The third kappa shape index (κ3) is 5.76. The van der Waals surface area contributed by atoms with E-state index in [1.165, 1.54) is 6.92 Å². The van der Waals surface area contributed by atoms with Crippen LogP contribution in [0.1, 0.15) is 38.7 Å². The summed E-state index contributed by atoms with van der Waals surface area (Å²) < 4.78 is 0. The number of halogens is 1. The maximum Gasteiger partial charge on any atom is 0.226 e. The Morgan fingerprint density at radius 2 is 2.00 bits per heavy atom. The Morgan fingerprint density at radius 3 is 2.62 bits per heavy atom. The SMILES string of the molecule is CCCCN(CCC(=O)Nc1cccc(Cl)c1C)C(C)=O. The lowest BCUT2D eigenvalue weighted by Gasteiger charge is -2.20. The smallest absolute Gasteiger partial charge is 0.226 e. The first-order valence-corrected chi connectivity index (χ1v) is 7.64. The number of hydrogen-bond acceptors (Lipinski definition) is 2. The summed E-state index contributed by atoms with van der Waals surface area (Å²) in [5.41, 5.74) is 1.57. The summed E-state index contributed by atoms with van der Waals surface area (Å²) in [6.07, 6.45) is 2.27. The van der Waals surface area contributed by atoms with E-state index in [0.29, 0.717) is 18.1 Å². The van der Waals surface area contributed by atoms with E-state index in [1.807, 2.05) is 13.0 Å². The van der Waals surface area contributed by atoms with E-state index in [0.717, 1.165) is 24.1 Å². The monoisotopic (exact) mass is 310 g/mol. The molecule has 5 heteroatoms. The van der Waals surface area contributed by atoms with Gasteiger partial charge in [0.2, 0.25) is 11.8 Å². The molecule has 4 nitrogen and oxygen atoms in total. The predicted octanol–water partition coefficient (Wildman–Crippen LogP) is 3.63. The molecule has 0 saturated carbocycles. The molecule has 0 spiro atoms. The molecule has 1 aromatic carbocycles. The number of rotatable bonds is 7. The summed E-state index contributed by atoms with van der Waals surface area (Å²) in [5.74, 6) is -0.0988. The molecular weight excluding hydrogens is 288 g/mol. The van der Waals surface area contributed by atoms with Crippen LogP contribution >= 0.6 is 11.6 Å². The van der Waals surface area contributed by atoms with E-state index in [4.69, 9.17) is 11.6 Å². The Morgan fingerprint density at radius 1 is 1.29 bits per heavy atom. The van der Waals surface area contributed by atoms with Crippen LogP contribution in [0.3, 0.4) is 0 Å². The van der Waals surface area contributed by atoms with Crippen molar-refractivity contribution in [2.24, 2.45) is 0 Å². The quantitative estimate of drug-likeness (QED) is 0.836. The van der Waals surface area contributed by atoms with Crippen molar-refractivity contribution in [3.8, 4) is 0 Å². The number of amides is 2.